The molecule has 0 amide bonds. The van der Waals surface area contributed by atoms with Crippen molar-refractivity contribution in [2.75, 3.05) is 20.0 Å². The van der Waals surface area contributed by atoms with E-state index >= 15 is 0 Å². The van der Waals surface area contributed by atoms with Crippen LogP contribution in [0.3, 0.4) is 0 Å². The Kier molecular flexibility index (Phi) is 4.76. The molecule has 2 aromatic rings. The lowest BCUT2D eigenvalue weighted by atomic mass is 9.99. The number of methoxy groups -OCH3 is 1. The Morgan fingerprint density at radius 1 is 1.30 bits per heavy atom. The van der Waals surface area contributed by atoms with E-state index in [4.69, 9.17) is 9.47 Å². The van der Waals surface area contributed by atoms with Gasteiger partial charge in [0.25, 0.3) is 0 Å². The second-order valence-corrected chi connectivity index (χ2v) is 5.65. The fourth-order valence-electron chi connectivity index (χ4n) is 2.31. The monoisotopic (exact) mass is 291 g/mol. The molecule has 0 unspecified atom stereocenters. The van der Waals surface area contributed by atoms with Crippen LogP contribution in [0.5, 0.6) is 11.6 Å². The van der Waals surface area contributed by atoms with E-state index in [1.54, 1.807) is 18.9 Å². The highest BCUT2D eigenvalue weighted by Gasteiger charge is 2.15. The largest absolute Gasteiger partial charge is 0.496 e. The number of rotatable bonds is 5. The first kappa shape index (κ1) is 15.0. The van der Waals surface area contributed by atoms with Gasteiger partial charge in [-0.25, -0.2) is 4.98 Å². The Labute approximate surface area is 124 Å². The van der Waals surface area contributed by atoms with Crippen molar-refractivity contribution >= 4 is 22.7 Å². The fourth-order valence-corrected chi connectivity index (χ4v) is 3.01. The lowest BCUT2D eigenvalue weighted by Crippen LogP contribution is -2.00. The van der Waals surface area contributed by atoms with Crippen molar-refractivity contribution in [3.63, 3.8) is 0 Å². The van der Waals surface area contributed by atoms with E-state index in [-0.39, 0.29) is 0 Å². The minimum atomic E-state index is 0.419. The summed E-state index contributed by atoms with van der Waals surface area (Å²) >= 11 is 1.65. The molecule has 0 saturated heterocycles. The van der Waals surface area contributed by atoms with Crippen molar-refractivity contribution in [3.8, 4) is 11.6 Å². The standard InChI is InChI=1S/C16H21NO2S/c1-6-19-14-9-12(10(2)3)11-7-8-13(18-4)16(20-5)15(11)17-14/h7-10H,6H2,1-5H3. The van der Waals surface area contributed by atoms with Crippen LogP contribution in [0.25, 0.3) is 10.9 Å². The van der Waals surface area contributed by atoms with Crippen molar-refractivity contribution < 1.29 is 9.47 Å². The van der Waals surface area contributed by atoms with Crippen LogP contribution in [0.2, 0.25) is 0 Å². The molecule has 0 N–H and O–H groups in total. The highest BCUT2D eigenvalue weighted by atomic mass is 32.2. The summed E-state index contributed by atoms with van der Waals surface area (Å²) in [5.41, 5.74) is 2.22. The second kappa shape index (κ2) is 6.35. The van der Waals surface area contributed by atoms with Gasteiger partial charge in [-0.05, 0) is 36.8 Å². The molecular weight excluding hydrogens is 270 g/mol. The molecule has 1 aromatic carbocycles. The van der Waals surface area contributed by atoms with Gasteiger partial charge in [0.2, 0.25) is 5.88 Å². The number of pyridine rings is 1. The third-order valence-electron chi connectivity index (χ3n) is 3.25. The van der Waals surface area contributed by atoms with Crippen LogP contribution in [0.1, 0.15) is 32.3 Å². The Bertz CT molecular complexity index is 611. The van der Waals surface area contributed by atoms with E-state index in [0.717, 1.165) is 16.2 Å². The highest BCUT2D eigenvalue weighted by molar-refractivity contribution is 7.99. The van der Waals surface area contributed by atoms with Crippen LogP contribution < -0.4 is 9.47 Å². The van der Waals surface area contributed by atoms with E-state index in [0.29, 0.717) is 18.4 Å². The molecule has 1 heterocycles. The average Bonchev–Trinajstić information content (AvgIpc) is 2.45. The summed E-state index contributed by atoms with van der Waals surface area (Å²) in [6.07, 6.45) is 2.04. The fraction of sp³-hybridized carbons (Fsp3) is 0.438. The van der Waals surface area contributed by atoms with Crippen molar-refractivity contribution in [1.82, 2.24) is 4.98 Å². The summed E-state index contributed by atoms with van der Waals surface area (Å²) in [6, 6.07) is 6.15. The molecule has 0 fully saturated rings. The summed E-state index contributed by atoms with van der Waals surface area (Å²) < 4.78 is 11.1. The predicted molar refractivity (Wildman–Crippen MR) is 85.3 cm³/mol. The van der Waals surface area contributed by atoms with Gasteiger partial charge in [0, 0.05) is 11.5 Å². The van der Waals surface area contributed by atoms with Gasteiger partial charge in [0.15, 0.2) is 0 Å². The molecule has 4 heteroatoms. The lowest BCUT2D eigenvalue weighted by Gasteiger charge is -2.16. The van der Waals surface area contributed by atoms with Gasteiger partial charge in [-0.3, -0.25) is 0 Å². The molecule has 0 saturated carbocycles. The molecular formula is C16H21NO2S. The van der Waals surface area contributed by atoms with Crippen molar-refractivity contribution in [1.29, 1.82) is 0 Å². The van der Waals surface area contributed by atoms with Gasteiger partial charge >= 0.3 is 0 Å². The maximum atomic E-state index is 5.62. The average molecular weight is 291 g/mol. The van der Waals surface area contributed by atoms with Crippen LogP contribution in [-0.4, -0.2) is 25.0 Å². The highest BCUT2D eigenvalue weighted by Crippen LogP contribution is 2.38. The quantitative estimate of drug-likeness (QED) is 0.760. The maximum absolute atomic E-state index is 5.62. The van der Waals surface area contributed by atoms with E-state index in [2.05, 4.69) is 24.9 Å². The Balaban J connectivity index is 2.78. The number of nitrogens with zero attached hydrogens (tertiary/aromatic N) is 1. The van der Waals surface area contributed by atoms with Gasteiger partial charge in [0.05, 0.1) is 24.1 Å². The molecule has 0 radical (unpaired) electrons. The SMILES string of the molecule is CCOc1cc(C(C)C)c2ccc(OC)c(SC)c2n1. The molecule has 20 heavy (non-hydrogen) atoms. The van der Waals surface area contributed by atoms with E-state index in [9.17, 15) is 0 Å². The topological polar surface area (TPSA) is 31.4 Å². The third-order valence-corrected chi connectivity index (χ3v) is 4.05. The number of benzene rings is 1. The molecule has 3 nitrogen and oxygen atoms in total. The van der Waals surface area contributed by atoms with Crippen molar-refractivity contribution in [2.24, 2.45) is 0 Å². The Morgan fingerprint density at radius 3 is 2.60 bits per heavy atom. The Morgan fingerprint density at radius 2 is 2.05 bits per heavy atom. The van der Waals surface area contributed by atoms with Crippen LogP contribution in [-0.2, 0) is 0 Å². The van der Waals surface area contributed by atoms with Crippen LogP contribution in [0.4, 0.5) is 0 Å². The zero-order valence-electron chi connectivity index (χ0n) is 12.7. The predicted octanol–water partition coefficient (Wildman–Crippen LogP) is 4.49. The molecule has 0 spiro atoms. The maximum Gasteiger partial charge on any atom is 0.214 e. The number of hydrogen-bond acceptors (Lipinski definition) is 4. The van der Waals surface area contributed by atoms with Crippen molar-refractivity contribution in [3.05, 3.63) is 23.8 Å². The number of ether oxygens (including phenoxy) is 2. The van der Waals surface area contributed by atoms with Gasteiger partial charge < -0.3 is 9.47 Å². The van der Waals surface area contributed by atoms with Crippen molar-refractivity contribution in [2.45, 2.75) is 31.6 Å². The molecule has 0 aliphatic rings. The van der Waals surface area contributed by atoms with Gasteiger partial charge in [-0.1, -0.05) is 13.8 Å². The second-order valence-electron chi connectivity index (χ2n) is 4.83. The minimum absolute atomic E-state index is 0.419. The smallest absolute Gasteiger partial charge is 0.214 e. The van der Waals surface area contributed by atoms with E-state index < -0.39 is 0 Å². The van der Waals surface area contributed by atoms with Gasteiger partial charge in [0.1, 0.15) is 5.75 Å². The number of thioether (sulfide) groups is 1. The van der Waals surface area contributed by atoms with Crippen LogP contribution in [0.15, 0.2) is 23.1 Å². The molecule has 0 bridgehead atoms. The zero-order chi connectivity index (χ0) is 14.7. The van der Waals surface area contributed by atoms with Gasteiger partial charge in [-0.2, -0.15) is 0 Å². The first-order chi connectivity index (χ1) is 9.62. The minimum Gasteiger partial charge on any atom is -0.496 e. The van der Waals surface area contributed by atoms with Crippen LogP contribution >= 0.6 is 11.8 Å². The Hall–Kier alpha value is -1.42. The molecule has 1 aromatic heterocycles. The zero-order valence-corrected chi connectivity index (χ0v) is 13.5. The van der Waals surface area contributed by atoms with E-state index in [1.165, 1.54) is 10.9 Å². The number of hydrogen-bond donors (Lipinski definition) is 0. The van der Waals surface area contributed by atoms with Crippen LogP contribution in [0, 0.1) is 0 Å². The normalized spacial score (nSPS) is 11.1. The summed E-state index contributed by atoms with van der Waals surface area (Å²) in [5, 5.41) is 1.17. The molecule has 108 valence electrons. The summed E-state index contributed by atoms with van der Waals surface area (Å²) in [6.45, 7) is 6.97. The molecule has 0 atom stereocenters. The number of fused-ring (bicyclic) bond motifs is 1. The summed E-state index contributed by atoms with van der Waals surface area (Å²) in [5.74, 6) is 1.97. The molecule has 2 rings (SSSR count). The summed E-state index contributed by atoms with van der Waals surface area (Å²) in [7, 11) is 1.69. The van der Waals surface area contributed by atoms with Gasteiger partial charge in [-0.15, -0.1) is 11.8 Å². The molecule has 0 aliphatic heterocycles. The third kappa shape index (κ3) is 2.70. The summed E-state index contributed by atoms with van der Waals surface area (Å²) in [4.78, 5) is 5.73. The first-order valence-corrected chi connectivity index (χ1v) is 8.03. The number of aromatic nitrogens is 1. The first-order valence-electron chi connectivity index (χ1n) is 6.80. The van der Waals surface area contributed by atoms with E-state index in [1.807, 2.05) is 25.3 Å². The lowest BCUT2D eigenvalue weighted by molar-refractivity contribution is 0.327. The molecule has 0 aliphatic carbocycles.